The lowest BCUT2D eigenvalue weighted by Crippen LogP contribution is -2.25. The summed E-state index contributed by atoms with van der Waals surface area (Å²) in [4.78, 5) is 21.9. The monoisotopic (exact) mass is 270 g/mol. The Morgan fingerprint density at radius 2 is 2.28 bits per heavy atom. The lowest BCUT2D eigenvalue weighted by atomic mass is 10.1. The number of carbonyl (C=O) groups excluding carboxylic acids is 1. The molecule has 0 aliphatic carbocycles. The van der Waals surface area contributed by atoms with E-state index in [1.807, 2.05) is 6.26 Å². The number of hydrogen-bond acceptors (Lipinski definition) is 5. The average Bonchev–Trinajstić information content (AvgIpc) is 2.38. The molecular weight excluding hydrogens is 256 g/mol. The maximum Gasteiger partial charge on any atom is 0.311 e. The predicted octanol–water partition coefficient (Wildman–Crippen LogP) is 1.70. The van der Waals surface area contributed by atoms with E-state index in [0.717, 1.165) is 5.75 Å². The molecule has 1 N–H and O–H groups in total. The Balaban J connectivity index is 2.87. The zero-order valence-corrected chi connectivity index (χ0v) is 11.0. The average molecular weight is 270 g/mol. The largest absolute Gasteiger partial charge is 0.490 e. The van der Waals surface area contributed by atoms with Crippen LogP contribution in [0.2, 0.25) is 0 Å². The summed E-state index contributed by atoms with van der Waals surface area (Å²) >= 11 is 1.61. The zero-order valence-electron chi connectivity index (χ0n) is 10.1. The van der Waals surface area contributed by atoms with Gasteiger partial charge >= 0.3 is 5.69 Å². The maximum absolute atomic E-state index is 11.7. The van der Waals surface area contributed by atoms with Crippen molar-refractivity contribution in [2.45, 2.75) is 0 Å². The molecule has 0 aliphatic heterocycles. The molecule has 0 saturated carbocycles. The van der Waals surface area contributed by atoms with E-state index >= 15 is 0 Å². The fourth-order valence-electron chi connectivity index (χ4n) is 1.34. The Bertz CT molecular complexity index is 451. The fourth-order valence-corrected chi connectivity index (χ4v) is 1.65. The summed E-state index contributed by atoms with van der Waals surface area (Å²) in [6, 6.07) is 4.13. The van der Waals surface area contributed by atoms with Gasteiger partial charge in [0.25, 0.3) is 5.91 Å². The second-order valence-electron chi connectivity index (χ2n) is 3.39. The first-order valence-corrected chi connectivity index (χ1v) is 6.59. The van der Waals surface area contributed by atoms with E-state index in [-0.39, 0.29) is 22.9 Å². The van der Waals surface area contributed by atoms with Gasteiger partial charge in [-0.05, 0) is 18.4 Å². The van der Waals surface area contributed by atoms with Crippen LogP contribution in [-0.2, 0) is 0 Å². The summed E-state index contributed by atoms with van der Waals surface area (Å²) in [5.74, 6) is 0.611. The Labute approximate surface area is 109 Å². The third-order valence-electron chi connectivity index (χ3n) is 2.23. The molecule has 98 valence electrons. The van der Waals surface area contributed by atoms with Gasteiger partial charge in [0.15, 0.2) is 5.75 Å². The highest BCUT2D eigenvalue weighted by atomic mass is 32.2. The van der Waals surface area contributed by atoms with E-state index in [1.54, 1.807) is 11.8 Å². The van der Waals surface area contributed by atoms with Crippen LogP contribution in [0.5, 0.6) is 5.75 Å². The molecule has 1 aromatic rings. The lowest BCUT2D eigenvalue weighted by Gasteiger charge is -2.06. The van der Waals surface area contributed by atoms with Crippen LogP contribution in [-0.4, -0.2) is 36.5 Å². The molecule has 1 rings (SSSR count). The van der Waals surface area contributed by atoms with Gasteiger partial charge in [0.2, 0.25) is 0 Å². The van der Waals surface area contributed by atoms with Crippen LogP contribution in [0.25, 0.3) is 0 Å². The van der Waals surface area contributed by atoms with E-state index in [1.165, 1.54) is 25.3 Å². The van der Waals surface area contributed by atoms with Gasteiger partial charge in [0.1, 0.15) is 0 Å². The van der Waals surface area contributed by atoms with Crippen LogP contribution in [0.15, 0.2) is 18.2 Å². The number of hydrogen-bond donors (Lipinski definition) is 1. The molecule has 0 fully saturated rings. The summed E-state index contributed by atoms with van der Waals surface area (Å²) < 4.78 is 4.86. The molecule has 0 aromatic heterocycles. The molecule has 6 nitrogen and oxygen atoms in total. The van der Waals surface area contributed by atoms with Crippen molar-refractivity contribution in [1.82, 2.24) is 5.32 Å². The van der Waals surface area contributed by atoms with Crippen molar-refractivity contribution in [1.29, 1.82) is 0 Å². The molecule has 0 spiro atoms. The van der Waals surface area contributed by atoms with Crippen molar-refractivity contribution in [2.24, 2.45) is 0 Å². The van der Waals surface area contributed by atoms with E-state index in [0.29, 0.717) is 6.54 Å². The molecule has 0 radical (unpaired) electrons. The molecule has 0 unspecified atom stereocenters. The van der Waals surface area contributed by atoms with Gasteiger partial charge in [-0.2, -0.15) is 11.8 Å². The van der Waals surface area contributed by atoms with Crippen LogP contribution in [0.3, 0.4) is 0 Å². The first kappa shape index (κ1) is 14.3. The second-order valence-corrected chi connectivity index (χ2v) is 4.38. The first-order valence-electron chi connectivity index (χ1n) is 5.19. The molecule has 0 saturated heterocycles. The van der Waals surface area contributed by atoms with Crippen LogP contribution >= 0.6 is 11.8 Å². The second kappa shape index (κ2) is 6.85. The topological polar surface area (TPSA) is 81.5 Å². The normalized spacial score (nSPS) is 9.89. The quantitative estimate of drug-likeness (QED) is 0.483. The number of nitro groups is 1. The molecule has 1 amide bonds. The molecule has 0 heterocycles. The van der Waals surface area contributed by atoms with Crippen LogP contribution < -0.4 is 10.1 Å². The van der Waals surface area contributed by atoms with E-state index in [4.69, 9.17) is 4.74 Å². The highest BCUT2D eigenvalue weighted by molar-refractivity contribution is 7.98. The molecule has 7 heteroatoms. The highest BCUT2D eigenvalue weighted by Gasteiger charge is 2.17. The minimum atomic E-state index is -0.572. The van der Waals surface area contributed by atoms with E-state index in [2.05, 4.69) is 5.32 Å². The molecule has 0 bridgehead atoms. The number of nitro benzene ring substituents is 1. The highest BCUT2D eigenvalue weighted by Crippen LogP contribution is 2.27. The standard InChI is InChI=1S/C11H14N2O4S/c1-17-10-4-3-8(7-9(10)13(15)16)11(14)12-5-6-18-2/h3-4,7H,5-6H2,1-2H3,(H,12,14). The van der Waals surface area contributed by atoms with Crippen molar-refractivity contribution >= 4 is 23.4 Å². The van der Waals surface area contributed by atoms with Gasteiger partial charge in [0, 0.05) is 23.9 Å². The zero-order chi connectivity index (χ0) is 13.5. The van der Waals surface area contributed by atoms with Crippen LogP contribution in [0.1, 0.15) is 10.4 Å². The molecule has 1 aromatic carbocycles. The smallest absolute Gasteiger partial charge is 0.311 e. The third-order valence-corrected chi connectivity index (χ3v) is 2.84. The number of methoxy groups -OCH3 is 1. The Hall–Kier alpha value is -1.76. The van der Waals surface area contributed by atoms with Crippen molar-refractivity contribution in [3.63, 3.8) is 0 Å². The fraction of sp³-hybridized carbons (Fsp3) is 0.364. The Morgan fingerprint density at radius 3 is 2.83 bits per heavy atom. The maximum atomic E-state index is 11.7. The van der Waals surface area contributed by atoms with Gasteiger partial charge in [-0.15, -0.1) is 0 Å². The number of rotatable bonds is 6. The van der Waals surface area contributed by atoms with Gasteiger partial charge in [-0.25, -0.2) is 0 Å². The molecule has 18 heavy (non-hydrogen) atoms. The van der Waals surface area contributed by atoms with Crippen molar-refractivity contribution < 1.29 is 14.5 Å². The van der Waals surface area contributed by atoms with Crippen molar-refractivity contribution in [3.05, 3.63) is 33.9 Å². The van der Waals surface area contributed by atoms with Gasteiger partial charge in [-0.1, -0.05) is 0 Å². The SMILES string of the molecule is COc1ccc(C(=O)NCCSC)cc1[N+](=O)[O-]. The number of amides is 1. The summed E-state index contributed by atoms with van der Waals surface area (Å²) in [6.45, 7) is 0.528. The van der Waals surface area contributed by atoms with Crippen molar-refractivity contribution in [3.8, 4) is 5.75 Å². The molecule has 0 aliphatic rings. The minimum Gasteiger partial charge on any atom is -0.490 e. The van der Waals surface area contributed by atoms with Crippen molar-refractivity contribution in [2.75, 3.05) is 25.7 Å². The van der Waals surface area contributed by atoms with Gasteiger partial charge < -0.3 is 10.1 Å². The number of ether oxygens (including phenoxy) is 1. The summed E-state index contributed by atoms with van der Waals surface area (Å²) in [6.07, 6.45) is 1.93. The summed E-state index contributed by atoms with van der Waals surface area (Å²) in [5.41, 5.74) is 0.0404. The van der Waals surface area contributed by atoms with Crippen LogP contribution in [0.4, 0.5) is 5.69 Å². The van der Waals surface area contributed by atoms with E-state index in [9.17, 15) is 14.9 Å². The van der Waals surface area contributed by atoms with E-state index < -0.39 is 4.92 Å². The third kappa shape index (κ3) is 3.63. The number of benzene rings is 1. The predicted molar refractivity (Wildman–Crippen MR) is 70.4 cm³/mol. The number of nitrogens with one attached hydrogen (secondary N) is 1. The van der Waals surface area contributed by atoms with Crippen LogP contribution in [0, 0.1) is 10.1 Å². The van der Waals surface area contributed by atoms with Gasteiger partial charge in [0.05, 0.1) is 12.0 Å². The molecule has 0 atom stereocenters. The summed E-state index contributed by atoms with van der Waals surface area (Å²) in [5, 5.41) is 13.5. The van der Waals surface area contributed by atoms with Gasteiger partial charge in [-0.3, -0.25) is 14.9 Å². The lowest BCUT2D eigenvalue weighted by molar-refractivity contribution is -0.385. The number of thioether (sulfide) groups is 1. The minimum absolute atomic E-state index is 0.140. The Morgan fingerprint density at radius 1 is 1.56 bits per heavy atom. The summed E-state index contributed by atoms with van der Waals surface area (Å²) in [7, 11) is 1.35. The number of nitrogens with zero attached hydrogens (tertiary/aromatic N) is 1. The number of carbonyl (C=O) groups is 1. The molecular formula is C11H14N2O4S. The Kier molecular flexibility index (Phi) is 5.44. The first-order chi connectivity index (χ1) is 8.60.